The highest BCUT2D eigenvalue weighted by Gasteiger charge is 2.16. The number of nitro benzene ring substituents is 1. The van der Waals surface area contributed by atoms with E-state index in [-0.39, 0.29) is 33.3 Å². The molecule has 0 saturated carbocycles. The molecule has 0 heterocycles. The first-order valence-electron chi connectivity index (χ1n) is 9.80. The van der Waals surface area contributed by atoms with Crippen LogP contribution in [-0.4, -0.2) is 29.6 Å². The van der Waals surface area contributed by atoms with Crippen molar-refractivity contribution in [3.05, 3.63) is 97.5 Å². The van der Waals surface area contributed by atoms with Crippen molar-refractivity contribution >= 4 is 47.0 Å². The van der Waals surface area contributed by atoms with Crippen LogP contribution in [0.3, 0.4) is 0 Å². The van der Waals surface area contributed by atoms with E-state index in [0.29, 0.717) is 17.2 Å². The summed E-state index contributed by atoms with van der Waals surface area (Å²) in [5, 5.41) is 15.3. The van der Waals surface area contributed by atoms with Crippen molar-refractivity contribution in [3.8, 4) is 11.5 Å². The Morgan fingerprint density at radius 3 is 2.59 bits per heavy atom. The minimum absolute atomic E-state index is 0.0875. The standard InChI is InChI=1S/C23H17Cl2N3O6/c1-2-33-21-10-14(13-26-27-22(29)15-4-3-5-17(11-15)28(31)32)6-9-20(21)34-23(30)18-8-7-16(24)12-19(18)25/h3-13H,2H2,1H3,(H,27,29). The molecule has 0 saturated heterocycles. The van der Waals surface area contributed by atoms with Crippen LogP contribution in [0.4, 0.5) is 5.69 Å². The van der Waals surface area contributed by atoms with E-state index in [0.717, 1.165) is 6.07 Å². The van der Waals surface area contributed by atoms with Crippen LogP contribution in [0.25, 0.3) is 0 Å². The Hall–Kier alpha value is -3.95. The number of hydrazone groups is 1. The molecule has 0 atom stereocenters. The fourth-order valence-electron chi connectivity index (χ4n) is 2.76. The van der Waals surface area contributed by atoms with Crippen molar-refractivity contribution in [2.24, 2.45) is 5.10 Å². The second kappa shape index (κ2) is 11.3. The summed E-state index contributed by atoms with van der Waals surface area (Å²) in [4.78, 5) is 35.0. The van der Waals surface area contributed by atoms with Crippen molar-refractivity contribution < 1.29 is 24.0 Å². The number of hydrogen-bond acceptors (Lipinski definition) is 7. The van der Waals surface area contributed by atoms with E-state index in [1.54, 1.807) is 19.1 Å². The quantitative estimate of drug-likeness (QED) is 0.147. The van der Waals surface area contributed by atoms with Crippen molar-refractivity contribution in [3.63, 3.8) is 0 Å². The molecule has 3 aromatic carbocycles. The molecule has 34 heavy (non-hydrogen) atoms. The Labute approximate surface area is 204 Å². The third-order valence-electron chi connectivity index (χ3n) is 4.32. The number of amides is 1. The van der Waals surface area contributed by atoms with Gasteiger partial charge >= 0.3 is 5.97 Å². The second-order valence-electron chi connectivity index (χ2n) is 6.66. The Morgan fingerprint density at radius 1 is 1.09 bits per heavy atom. The highest BCUT2D eigenvalue weighted by atomic mass is 35.5. The SMILES string of the molecule is CCOc1cc(C=NNC(=O)c2cccc([N+](=O)[O-])c2)ccc1OC(=O)c1ccc(Cl)cc1Cl. The maximum atomic E-state index is 12.5. The molecule has 9 nitrogen and oxygen atoms in total. The number of non-ortho nitro benzene ring substituents is 1. The zero-order valence-electron chi connectivity index (χ0n) is 17.7. The normalized spacial score (nSPS) is 10.7. The Balaban J connectivity index is 1.72. The zero-order chi connectivity index (χ0) is 24.7. The third kappa shape index (κ3) is 6.31. The molecule has 0 radical (unpaired) electrons. The maximum Gasteiger partial charge on any atom is 0.345 e. The molecule has 0 aliphatic rings. The summed E-state index contributed by atoms with van der Waals surface area (Å²) in [5.74, 6) is -0.867. The van der Waals surface area contributed by atoms with Gasteiger partial charge in [-0.25, -0.2) is 10.2 Å². The van der Waals surface area contributed by atoms with E-state index in [2.05, 4.69) is 10.5 Å². The molecule has 0 spiro atoms. The van der Waals surface area contributed by atoms with Gasteiger partial charge in [-0.05, 0) is 55.0 Å². The van der Waals surface area contributed by atoms with Crippen molar-refractivity contribution in [2.75, 3.05) is 6.61 Å². The minimum atomic E-state index is -0.687. The largest absolute Gasteiger partial charge is 0.490 e. The van der Waals surface area contributed by atoms with Crippen molar-refractivity contribution in [2.45, 2.75) is 6.92 Å². The minimum Gasteiger partial charge on any atom is -0.490 e. The highest BCUT2D eigenvalue weighted by Crippen LogP contribution is 2.30. The lowest BCUT2D eigenvalue weighted by molar-refractivity contribution is -0.384. The second-order valence-corrected chi connectivity index (χ2v) is 7.50. The fraction of sp³-hybridized carbons (Fsp3) is 0.0870. The van der Waals surface area contributed by atoms with E-state index in [4.69, 9.17) is 32.7 Å². The van der Waals surface area contributed by atoms with Crippen LogP contribution in [0.1, 0.15) is 33.2 Å². The first-order chi connectivity index (χ1) is 16.3. The molecular formula is C23H17Cl2N3O6. The number of nitrogens with zero attached hydrogens (tertiary/aromatic N) is 2. The Morgan fingerprint density at radius 2 is 1.88 bits per heavy atom. The summed E-state index contributed by atoms with van der Waals surface area (Å²) in [6, 6.07) is 14.4. The number of nitro groups is 1. The Bertz CT molecular complexity index is 1280. The molecule has 0 unspecified atom stereocenters. The molecule has 0 aliphatic heterocycles. The van der Waals surface area contributed by atoms with Crippen LogP contribution in [0.15, 0.2) is 65.8 Å². The van der Waals surface area contributed by atoms with Gasteiger partial charge < -0.3 is 9.47 Å². The molecule has 1 N–H and O–H groups in total. The lowest BCUT2D eigenvalue weighted by atomic mass is 10.2. The van der Waals surface area contributed by atoms with Gasteiger partial charge in [0.25, 0.3) is 11.6 Å². The van der Waals surface area contributed by atoms with E-state index >= 15 is 0 Å². The molecule has 0 bridgehead atoms. The lowest BCUT2D eigenvalue weighted by Gasteiger charge is -2.12. The monoisotopic (exact) mass is 501 g/mol. The molecule has 1 amide bonds. The number of ether oxygens (including phenoxy) is 2. The molecule has 0 fully saturated rings. The summed E-state index contributed by atoms with van der Waals surface area (Å²) in [5.41, 5.74) is 2.86. The van der Waals surface area contributed by atoms with Gasteiger partial charge in [0, 0.05) is 22.7 Å². The van der Waals surface area contributed by atoms with Crippen LogP contribution in [0.2, 0.25) is 10.0 Å². The number of esters is 1. The van der Waals surface area contributed by atoms with E-state index < -0.39 is 16.8 Å². The van der Waals surface area contributed by atoms with Crippen molar-refractivity contribution in [1.29, 1.82) is 0 Å². The molecule has 0 aromatic heterocycles. The van der Waals surface area contributed by atoms with Gasteiger partial charge in [0.05, 0.1) is 28.3 Å². The maximum absolute atomic E-state index is 12.5. The van der Waals surface area contributed by atoms with Crippen LogP contribution in [0.5, 0.6) is 11.5 Å². The average Bonchev–Trinajstić information content (AvgIpc) is 2.80. The number of carbonyl (C=O) groups is 2. The first kappa shape index (κ1) is 24.7. The molecule has 3 aromatic rings. The number of nitrogens with one attached hydrogen (secondary N) is 1. The summed E-state index contributed by atoms with van der Waals surface area (Å²) in [6.45, 7) is 2.07. The molecule has 11 heteroatoms. The zero-order valence-corrected chi connectivity index (χ0v) is 19.2. The van der Waals surface area contributed by atoms with Gasteiger partial charge in [-0.2, -0.15) is 5.10 Å². The number of rotatable bonds is 8. The van der Waals surface area contributed by atoms with Gasteiger partial charge in [-0.3, -0.25) is 14.9 Å². The van der Waals surface area contributed by atoms with Crippen LogP contribution < -0.4 is 14.9 Å². The summed E-state index contributed by atoms with van der Waals surface area (Å²) in [6.07, 6.45) is 1.35. The first-order valence-corrected chi connectivity index (χ1v) is 10.6. The smallest absolute Gasteiger partial charge is 0.345 e. The topological polar surface area (TPSA) is 120 Å². The van der Waals surface area contributed by atoms with E-state index in [9.17, 15) is 19.7 Å². The summed E-state index contributed by atoms with van der Waals surface area (Å²) < 4.78 is 11.0. The Kier molecular flexibility index (Phi) is 8.18. The summed E-state index contributed by atoms with van der Waals surface area (Å²) in [7, 11) is 0. The molecule has 0 aliphatic carbocycles. The predicted molar refractivity (Wildman–Crippen MR) is 127 cm³/mol. The number of carbonyl (C=O) groups excluding carboxylic acids is 2. The molecular weight excluding hydrogens is 485 g/mol. The lowest BCUT2D eigenvalue weighted by Crippen LogP contribution is -2.17. The van der Waals surface area contributed by atoms with Gasteiger partial charge in [-0.15, -0.1) is 0 Å². The number of benzene rings is 3. The molecule has 3 rings (SSSR count). The van der Waals surface area contributed by atoms with Gasteiger partial charge in [-0.1, -0.05) is 29.3 Å². The fourth-order valence-corrected chi connectivity index (χ4v) is 3.24. The van der Waals surface area contributed by atoms with E-state index in [1.165, 1.54) is 48.7 Å². The molecule has 174 valence electrons. The number of hydrogen-bond donors (Lipinski definition) is 1. The summed E-state index contributed by atoms with van der Waals surface area (Å²) >= 11 is 11.9. The highest BCUT2D eigenvalue weighted by molar-refractivity contribution is 6.36. The van der Waals surface area contributed by atoms with Crippen LogP contribution >= 0.6 is 23.2 Å². The van der Waals surface area contributed by atoms with Crippen LogP contribution in [-0.2, 0) is 0 Å². The van der Waals surface area contributed by atoms with Gasteiger partial charge in [0.2, 0.25) is 0 Å². The number of halogens is 2. The van der Waals surface area contributed by atoms with Crippen molar-refractivity contribution in [1.82, 2.24) is 5.43 Å². The third-order valence-corrected chi connectivity index (χ3v) is 4.87. The van der Waals surface area contributed by atoms with Gasteiger partial charge in [0.1, 0.15) is 0 Å². The van der Waals surface area contributed by atoms with E-state index in [1.807, 2.05) is 0 Å². The predicted octanol–water partition coefficient (Wildman–Crippen LogP) is 5.28. The average molecular weight is 502 g/mol. The van der Waals surface area contributed by atoms with Gasteiger partial charge in [0.15, 0.2) is 11.5 Å². The van der Waals surface area contributed by atoms with Crippen LogP contribution in [0, 0.1) is 10.1 Å².